The van der Waals surface area contributed by atoms with Crippen LogP contribution in [0.15, 0.2) is 42.9 Å². The summed E-state index contributed by atoms with van der Waals surface area (Å²) in [5, 5.41) is 7.68. The molecule has 0 bridgehead atoms. The summed E-state index contributed by atoms with van der Waals surface area (Å²) in [4.78, 5) is 17.5. The molecule has 1 aliphatic heterocycles. The molecule has 3 aromatic rings. The molecule has 1 saturated heterocycles. The molecule has 1 aromatic carbocycles. The fourth-order valence-corrected chi connectivity index (χ4v) is 3.88. The van der Waals surface area contributed by atoms with E-state index in [9.17, 15) is 18.0 Å². The highest BCUT2D eigenvalue weighted by atomic mass is 19.4. The molecule has 6 nitrogen and oxygen atoms in total. The highest BCUT2D eigenvalue weighted by Crippen LogP contribution is 2.33. The van der Waals surface area contributed by atoms with Gasteiger partial charge in [-0.05, 0) is 30.4 Å². The van der Waals surface area contributed by atoms with Crippen LogP contribution in [0.5, 0.6) is 0 Å². The maximum Gasteiger partial charge on any atom is 0.408 e. The van der Waals surface area contributed by atoms with Gasteiger partial charge in [0.25, 0.3) is 0 Å². The molecular weight excluding hydrogens is 383 g/mol. The second-order valence-corrected chi connectivity index (χ2v) is 7.37. The number of rotatable bonds is 4. The molecule has 2 N–H and O–H groups in total. The third-order valence-electron chi connectivity index (χ3n) is 5.31. The summed E-state index contributed by atoms with van der Waals surface area (Å²) < 4.78 is 38.0. The number of amides is 2. The Morgan fingerprint density at radius 3 is 2.76 bits per heavy atom. The number of hydrogen-bond acceptors (Lipinski definition) is 2. The lowest BCUT2D eigenvalue weighted by atomic mass is 9.89. The standard InChI is InChI=1S/C20H22F3N5O/c21-20(22,23)13-28-12-14(10-26-28)9-25-19(29)27-7-5-15(6-8-27)17-11-24-18-4-2-1-3-16(17)18/h1-4,10-12,15,24H,5-9,13H2,(H,25,29). The summed E-state index contributed by atoms with van der Waals surface area (Å²) in [6.45, 7) is 0.300. The number of piperidine rings is 1. The number of alkyl halides is 3. The third kappa shape index (κ3) is 4.55. The molecular formula is C20H22F3N5O. The van der Waals surface area contributed by atoms with E-state index in [0.717, 1.165) is 23.0 Å². The molecule has 3 heterocycles. The smallest absolute Gasteiger partial charge is 0.361 e. The summed E-state index contributed by atoms with van der Waals surface area (Å²) in [5.74, 6) is 0.399. The van der Waals surface area contributed by atoms with Gasteiger partial charge in [0.15, 0.2) is 0 Å². The van der Waals surface area contributed by atoms with Gasteiger partial charge in [0.1, 0.15) is 6.54 Å². The number of benzene rings is 1. The molecule has 0 aliphatic carbocycles. The minimum absolute atomic E-state index is 0.152. The number of H-pyrrole nitrogens is 1. The first-order valence-electron chi connectivity index (χ1n) is 9.56. The monoisotopic (exact) mass is 405 g/mol. The van der Waals surface area contributed by atoms with Gasteiger partial charge in [0, 0.05) is 48.5 Å². The number of likely N-dealkylation sites (tertiary alicyclic amines) is 1. The minimum atomic E-state index is -4.32. The van der Waals surface area contributed by atoms with Crippen molar-refractivity contribution in [3.05, 3.63) is 54.0 Å². The molecule has 2 aromatic heterocycles. The Hall–Kier alpha value is -2.97. The lowest BCUT2D eigenvalue weighted by Gasteiger charge is -2.32. The number of nitrogens with zero attached hydrogens (tertiary/aromatic N) is 3. The van der Waals surface area contributed by atoms with E-state index in [0.29, 0.717) is 24.6 Å². The summed E-state index contributed by atoms with van der Waals surface area (Å²) in [6.07, 6.45) is 2.13. The van der Waals surface area contributed by atoms with E-state index in [-0.39, 0.29) is 12.6 Å². The van der Waals surface area contributed by atoms with Gasteiger partial charge in [-0.2, -0.15) is 18.3 Å². The van der Waals surface area contributed by atoms with Gasteiger partial charge in [-0.25, -0.2) is 4.79 Å². The Balaban J connectivity index is 1.28. The average Bonchev–Trinajstić information content (AvgIpc) is 3.31. The van der Waals surface area contributed by atoms with Gasteiger partial charge in [-0.3, -0.25) is 4.68 Å². The van der Waals surface area contributed by atoms with E-state index in [1.54, 1.807) is 4.90 Å². The SMILES string of the molecule is O=C(NCc1cnn(CC(F)(F)F)c1)N1CCC(c2c[nH]c3ccccc23)CC1. The first-order chi connectivity index (χ1) is 13.9. The second-order valence-electron chi connectivity index (χ2n) is 7.37. The number of aromatic nitrogens is 3. The first-order valence-corrected chi connectivity index (χ1v) is 9.56. The number of fused-ring (bicyclic) bond motifs is 1. The Kier molecular flexibility index (Phi) is 5.21. The summed E-state index contributed by atoms with van der Waals surface area (Å²) in [5.41, 5.74) is 2.95. The van der Waals surface area contributed by atoms with Crippen LogP contribution in [0.1, 0.15) is 29.9 Å². The van der Waals surface area contributed by atoms with Crippen molar-refractivity contribution in [2.75, 3.05) is 13.1 Å². The molecule has 0 saturated carbocycles. The number of aromatic amines is 1. The van der Waals surface area contributed by atoms with E-state index < -0.39 is 12.7 Å². The zero-order chi connectivity index (χ0) is 20.4. The maximum absolute atomic E-state index is 12.4. The van der Waals surface area contributed by atoms with Crippen molar-refractivity contribution < 1.29 is 18.0 Å². The van der Waals surface area contributed by atoms with Crippen molar-refractivity contribution in [2.24, 2.45) is 0 Å². The van der Waals surface area contributed by atoms with Crippen LogP contribution in [0.4, 0.5) is 18.0 Å². The van der Waals surface area contributed by atoms with Crippen molar-refractivity contribution in [1.29, 1.82) is 0 Å². The largest absolute Gasteiger partial charge is 0.408 e. The number of halogens is 3. The first kappa shape index (κ1) is 19.4. The van der Waals surface area contributed by atoms with Gasteiger partial charge < -0.3 is 15.2 Å². The number of urea groups is 1. The number of nitrogens with one attached hydrogen (secondary N) is 2. The molecule has 0 radical (unpaired) electrons. The molecule has 0 unspecified atom stereocenters. The van der Waals surface area contributed by atoms with Gasteiger partial charge >= 0.3 is 12.2 Å². The van der Waals surface area contributed by atoms with Crippen LogP contribution in [-0.2, 0) is 13.1 Å². The van der Waals surface area contributed by atoms with Crippen molar-refractivity contribution in [1.82, 2.24) is 25.0 Å². The van der Waals surface area contributed by atoms with E-state index in [1.807, 2.05) is 12.1 Å². The van der Waals surface area contributed by atoms with Crippen molar-refractivity contribution >= 4 is 16.9 Å². The van der Waals surface area contributed by atoms with Crippen molar-refractivity contribution in [3.63, 3.8) is 0 Å². The summed E-state index contributed by atoms with van der Waals surface area (Å²) in [6, 6.07) is 7.99. The average molecular weight is 405 g/mol. The lowest BCUT2D eigenvalue weighted by Crippen LogP contribution is -2.43. The van der Waals surface area contributed by atoms with Crippen LogP contribution in [-0.4, -0.2) is 45.0 Å². The quantitative estimate of drug-likeness (QED) is 0.689. The Morgan fingerprint density at radius 1 is 1.24 bits per heavy atom. The zero-order valence-corrected chi connectivity index (χ0v) is 15.7. The van der Waals surface area contributed by atoms with Crippen LogP contribution in [0.25, 0.3) is 10.9 Å². The molecule has 0 atom stereocenters. The van der Waals surface area contributed by atoms with Gasteiger partial charge in [0.2, 0.25) is 0 Å². The van der Waals surface area contributed by atoms with Gasteiger partial charge in [-0.1, -0.05) is 18.2 Å². The third-order valence-corrected chi connectivity index (χ3v) is 5.31. The maximum atomic E-state index is 12.4. The summed E-state index contributed by atoms with van der Waals surface area (Å²) >= 11 is 0. The zero-order valence-electron chi connectivity index (χ0n) is 15.7. The molecule has 29 heavy (non-hydrogen) atoms. The highest BCUT2D eigenvalue weighted by molar-refractivity contribution is 5.83. The molecule has 154 valence electrons. The minimum Gasteiger partial charge on any atom is -0.361 e. The fourth-order valence-electron chi connectivity index (χ4n) is 3.88. The predicted molar refractivity (Wildman–Crippen MR) is 102 cm³/mol. The van der Waals surface area contributed by atoms with Gasteiger partial charge in [-0.15, -0.1) is 0 Å². The molecule has 9 heteroatoms. The van der Waals surface area contributed by atoms with E-state index >= 15 is 0 Å². The number of hydrogen-bond donors (Lipinski definition) is 2. The predicted octanol–water partition coefficient (Wildman–Crippen LogP) is 4.02. The van der Waals surface area contributed by atoms with Crippen LogP contribution < -0.4 is 5.32 Å². The Bertz CT molecular complexity index is 985. The highest BCUT2D eigenvalue weighted by Gasteiger charge is 2.28. The van der Waals surface area contributed by atoms with Crippen LogP contribution in [0.2, 0.25) is 0 Å². The Labute approximate surface area is 165 Å². The molecule has 1 aliphatic rings. The van der Waals surface area contributed by atoms with Crippen molar-refractivity contribution in [3.8, 4) is 0 Å². The number of para-hydroxylation sites is 1. The fraction of sp³-hybridized carbons (Fsp3) is 0.400. The summed E-state index contributed by atoms with van der Waals surface area (Å²) in [7, 11) is 0. The van der Waals surface area contributed by atoms with Crippen LogP contribution >= 0.6 is 0 Å². The normalized spacial score (nSPS) is 15.8. The molecule has 0 spiro atoms. The van der Waals surface area contributed by atoms with Gasteiger partial charge in [0.05, 0.1) is 6.20 Å². The number of carbonyl (C=O) groups is 1. The Morgan fingerprint density at radius 2 is 2.00 bits per heavy atom. The molecule has 1 fully saturated rings. The molecule has 2 amide bonds. The van der Waals surface area contributed by atoms with Crippen molar-refractivity contribution in [2.45, 2.75) is 38.0 Å². The van der Waals surface area contributed by atoms with E-state index in [2.05, 4.69) is 33.7 Å². The lowest BCUT2D eigenvalue weighted by molar-refractivity contribution is -0.142. The van der Waals surface area contributed by atoms with E-state index in [1.165, 1.54) is 23.3 Å². The second kappa shape index (κ2) is 7.81. The topological polar surface area (TPSA) is 66.0 Å². The van der Waals surface area contributed by atoms with Crippen LogP contribution in [0, 0.1) is 0 Å². The molecule has 4 rings (SSSR count). The van der Waals surface area contributed by atoms with Crippen LogP contribution in [0.3, 0.4) is 0 Å². The van der Waals surface area contributed by atoms with E-state index in [4.69, 9.17) is 0 Å². The number of carbonyl (C=O) groups excluding carboxylic acids is 1.